The molecule has 0 aromatic carbocycles. The van der Waals surface area contributed by atoms with Gasteiger partial charge in [0.25, 0.3) is 0 Å². The fourth-order valence-corrected chi connectivity index (χ4v) is 49.6. The molecule has 0 aromatic rings. The van der Waals surface area contributed by atoms with Gasteiger partial charge in [-0.25, -0.2) is 0 Å². The van der Waals surface area contributed by atoms with Gasteiger partial charge in [0, 0.05) is 0 Å². The number of rotatable bonds is 4. The number of hydrogen-bond acceptors (Lipinski definition) is 1. The Morgan fingerprint density at radius 2 is 1.38 bits per heavy atom. The van der Waals surface area contributed by atoms with Crippen molar-refractivity contribution < 1.29 is 9.90 Å². The third-order valence-electron chi connectivity index (χ3n) is 1.17. The van der Waals surface area contributed by atoms with Crippen molar-refractivity contribution in [2.75, 3.05) is 0 Å². The van der Waals surface area contributed by atoms with Gasteiger partial charge in [0.1, 0.15) is 0 Å². The predicted molar refractivity (Wildman–Crippen MR) is 62.6 cm³/mol. The zero-order valence-corrected chi connectivity index (χ0v) is 14.6. The fourth-order valence-electron chi connectivity index (χ4n) is 0.592. The van der Waals surface area contributed by atoms with E-state index in [9.17, 15) is 4.79 Å². The summed E-state index contributed by atoms with van der Waals surface area (Å²) in [6, 6.07) is 0. The van der Waals surface area contributed by atoms with E-state index in [1.54, 1.807) is 0 Å². The molecule has 0 radical (unpaired) electrons. The molecular weight excluding hydrogens is 426 g/mol. The van der Waals surface area contributed by atoms with Crippen molar-refractivity contribution in [3.8, 4) is 0 Å². The molecule has 0 amide bonds. The van der Waals surface area contributed by atoms with E-state index in [-0.39, 0.29) is 6.42 Å². The first-order chi connectivity index (χ1) is 5.55. The summed E-state index contributed by atoms with van der Waals surface area (Å²) in [5.41, 5.74) is 0. The van der Waals surface area contributed by atoms with Gasteiger partial charge in [0.15, 0.2) is 0 Å². The Labute approximate surface area is 106 Å². The van der Waals surface area contributed by atoms with Crippen LogP contribution in [0, 0.1) is 0 Å². The fraction of sp³-hybridized carbons (Fsp3) is 0.667. The summed E-state index contributed by atoms with van der Waals surface area (Å²) in [7, 11) is 26.5. The maximum absolute atomic E-state index is 10.4. The van der Waals surface area contributed by atoms with Gasteiger partial charge in [0.2, 0.25) is 0 Å². The molecule has 0 heterocycles. The van der Waals surface area contributed by atoms with Gasteiger partial charge in [0.05, 0.1) is 0 Å². The molecule has 0 saturated heterocycles. The minimum absolute atomic E-state index is 0.368. The van der Waals surface area contributed by atoms with Crippen molar-refractivity contribution in [1.82, 2.24) is 0 Å². The molecule has 0 unspecified atom stereocenters. The predicted octanol–water partition coefficient (Wildman–Crippen LogP) is 3.68. The Morgan fingerprint density at radius 1 is 1.08 bits per heavy atom. The number of carboxylic acid groups (broad SMARTS) is 1. The number of carboxylic acids is 1. The molecule has 0 aliphatic heterocycles. The van der Waals surface area contributed by atoms with Crippen LogP contribution in [-0.2, 0) is 4.79 Å². The summed E-state index contributed by atoms with van der Waals surface area (Å²) in [4.78, 5) is 10.4. The quantitative estimate of drug-likeness (QED) is 0.692. The second-order valence-electron chi connectivity index (χ2n) is 2.23. The first-order valence-corrected chi connectivity index (χ1v) is 21.9. The second kappa shape index (κ2) is 5.57. The topological polar surface area (TPSA) is 37.3 Å². The van der Waals surface area contributed by atoms with Crippen LogP contribution in [0.2, 0.25) is 3.58 Å². The summed E-state index contributed by atoms with van der Waals surface area (Å²) in [6.07, 6.45) is -0.368. The molecule has 0 atom stereocenters. The summed E-state index contributed by atoms with van der Waals surface area (Å²) >= 11 is 0. The Kier molecular flexibility index (Phi) is 6.56. The molecule has 0 bridgehead atoms. The normalized spacial score (nSPS) is 13.5. The monoisotopic (exact) mass is 430 g/mol. The molecule has 2 nitrogen and oxygen atoms in total. The van der Waals surface area contributed by atoms with E-state index in [2.05, 4.69) is 0 Å². The van der Waals surface area contributed by atoms with Crippen LogP contribution in [-0.4, -0.2) is 32.0 Å². The van der Waals surface area contributed by atoms with Crippen molar-refractivity contribution in [2.45, 2.75) is 10.0 Å². The van der Waals surface area contributed by atoms with E-state index in [4.69, 9.17) is 65.2 Å². The third kappa shape index (κ3) is 6.46. The van der Waals surface area contributed by atoms with Gasteiger partial charge in [-0.15, -0.1) is 0 Å². The average Bonchev–Trinajstić information content (AvgIpc) is 1.77. The standard InChI is InChI=1S/C3H4Cl6Ge2O2/c4-10(5,6)2(1-3(12)13)11(7,8)9/h2H,1H2,(H,12,13). The van der Waals surface area contributed by atoms with Crippen LogP contribution in [0.1, 0.15) is 6.42 Å². The molecule has 0 saturated carbocycles. The van der Waals surface area contributed by atoms with Gasteiger partial charge >= 0.3 is 107 Å². The van der Waals surface area contributed by atoms with Crippen LogP contribution in [0.25, 0.3) is 0 Å². The van der Waals surface area contributed by atoms with Crippen LogP contribution < -0.4 is 0 Å². The number of hydrogen-bond donors (Lipinski definition) is 1. The van der Waals surface area contributed by atoms with Crippen molar-refractivity contribution in [2.24, 2.45) is 0 Å². The van der Waals surface area contributed by atoms with Crippen molar-refractivity contribution in [3.05, 3.63) is 0 Å². The first kappa shape index (κ1) is 15.3. The number of carbonyl (C=O) groups is 1. The second-order valence-corrected chi connectivity index (χ2v) is 36.9. The third-order valence-corrected chi connectivity index (χ3v) is 35.0. The van der Waals surface area contributed by atoms with Crippen LogP contribution in [0.3, 0.4) is 0 Å². The zero-order chi connectivity index (χ0) is 10.9. The SMILES string of the molecule is O=C(O)C[CH]([Ge]([Cl])([Cl])[Cl])[Ge]([Cl])([Cl])[Cl]. The van der Waals surface area contributed by atoms with E-state index in [0.717, 1.165) is 0 Å². The van der Waals surface area contributed by atoms with E-state index >= 15 is 0 Å². The van der Waals surface area contributed by atoms with E-state index in [1.807, 2.05) is 0 Å². The molecule has 0 aliphatic rings. The molecule has 0 aromatic heterocycles. The van der Waals surface area contributed by atoms with E-state index < -0.39 is 30.5 Å². The van der Waals surface area contributed by atoms with Gasteiger partial charge in [-0.05, 0) is 0 Å². The van der Waals surface area contributed by atoms with Crippen LogP contribution in [0.4, 0.5) is 0 Å². The van der Waals surface area contributed by atoms with Gasteiger partial charge in [-0.2, -0.15) is 0 Å². The van der Waals surface area contributed by atoms with Crippen molar-refractivity contribution in [3.63, 3.8) is 0 Å². The minimum atomic E-state index is -3.76. The van der Waals surface area contributed by atoms with E-state index in [1.165, 1.54) is 0 Å². The molecule has 78 valence electrons. The molecule has 0 aliphatic carbocycles. The van der Waals surface area contributed by atoms with Crippen LogP contribution in [0.5, 0.6) is 0 Å². The van der Waals surface area contributed by atoms with Gasteiger partial charge in [-0.1, -0.05) is 0 Å². The molecular formula is C3H4Cl6Ge2O2. The van der Waals surface area contributed by atoms with Crippen LogP contribution >= 0.6 is 60.1 Å². The first-order valence-electron chi connectivity index (χ1n) is 2.90. The van der Waals surface area contributed by atoms with Crippen LogP contribution in [0.15, 0.2) is 0 Å². The van der Waals surface area contributed by atoms with Gasteiger partial charge < -0.3 is 0 Å². The summed E-state index contributed by atoms with van der Waals surface area (Å²) in [5, 5.41) is 8.52. The molecule has 1 N–H and O–H groups in total. The Balaban J connectivity index is 4.68. The molecule has 10 heteroatoms. The summed E-state index contributed by atoms with van der Waals surface area (Å²) in [6.45, 7) is 0. The average molecular weight is 430 g/mol. The van der Waals surface area contributed by atoms with Crippen molar-refractivity contribution in [1.29, 1.82) is 0 Å². The van der Waals surface area contributed by atoms with Crippen molar-refractivity contribution >= 4 is 87.0 Å². The van der Waals surface area contributed by atoms with E-state index in [0.29, 0.717) is 0 Å². The molecule has 0 fully saturated rings. The summed E-state index contributed by atoms with van der Waals surface area (Å²) in [5.74, 6) is -1.11. The molecule has 0 rings (SSSR count). The molecule has 0 spiro atoms. The molecule has 13 heavy (non-hydrogen) atoms. The number of halogens is 6. The zero-order valence-electron chi connectivity index (χ0n) is 5.91. The Hall–Kier alpha value is 2.30. The van der Waals surface area contributed by atoms with Gasteiger partial charge in [-0.3, -0.25) is 0 Å². The summed E-state index contributed by atoms with van der Waals surface area (Å²) < 4.78 is -0.826. The Morgan fingerprint density at radius 3 is 1.46 bits per heavy atom. The maximum atomic E-state index is 10.4. The number of aliphatic carboxylic acids is 1. The Bertz CT molecular complexity index is 183.